The van der Waals surface area contributed by atoms with Gasteiger partial charge in [-0.05, 0) is 41.4 Å². The first-order valence-corrected chi connectivity index (χ1v) is 5.50. The maximum Gasteiger partial charge on any atom is 0.417 e. The number of hydrogen-bond donors (Lipinski definition) is 0. The fourth-order valence-electron chi connectivity index (χ4n) is 1.24. The quantitative estimate of drug-likeness (QED) is 0.636. The minimum atomic E-state index is -4.43. The molecule has 1 nitrogen and oxygen atoms in total. The van der Waals surface area contributed by atoms with Gasteiger partial charge in [0.25, 0.3) is 0 Å². The largest absolute Gasteiger partial charge is 0.417 e. The van der Waals surface area contributed by atoms with Crippen LogP contribution in [0.1, 0.15) is 18.1 Å². The number of aryl methyl sites for hydroxylation is 1. The number of benzene rings is 1. The van der Waals surface area contributed by atoms with Crippen molar-refractivity contribution in [3.63, 3.8) is 0 Å². The summed E-state index contributed by atoms with van der Waals surface area (Å²) in [6.07, 6.45) is -2.95. The highest BCUT2D eigenvalue weighted by atomic mass is 79.9. The summed E-state index contributed by atoms with van der Waals surface area (Å²) in [4.78, 5) is 3.94. The van der Waals surface area contributed by atoms with E-state index in [0.717, 1.165) is 6.07 Å². The third kappa shape index (κ3) is 2.58. The lowest BCUT2D eigenvalue weighted by atomic mass is 10.1. The molecule has 0 bridgehead atoms. The summed E-state index contributed by atoms with van der Waals surface area (Å²) in [6, 6.07) is 1.03. The first kappa shape index (κ1) is 13.5. The van der Waals surface area contributed by atoms with Crippen molar-refractivity contribution in [2.24, 2.45) is 4.99 Å². The summed E-state index contributed by atoms with van der Waals surface area (Å²) in [5.74, 6) is 0. The topological polar surface area (TPSA) is 12.4 Å². The van der Waals surface area contributed by atoms with Crippen LogP contribution < -0.4 is 0 Å². The van der Waals surface area contributed by atoms with Crippen LogP contribution in [0.5, 0.6) is 0 Å². The standard InChI is InChI=1S/C10H8BrClF3N/c1-3-16-9-5(2)4-6(10(13,14)15)7(11)8(9)12/h3-4H,1-2H3. The smallest absolute Gasteiger partial charge is 0.260 e. The number of aliphatic imine (C=N–C) groups is 1. The molecule has 0 spiro atoms. The van der Waals surface area contributed by atoms with Gasteiger partial charge in [0, 0.05) is 6.21 Å². The molecule has 1 rings (SSSR count). The van der Waals surface area contributed by atoms with Gasteiger partial charge in [0.15, 0.2) is 0 Å². The van der Waals surface area contributed by atoms with E-state index in [0.29, 0.717) is 11.3 Å². The van der Waals surface area contributed by atoms with Crippen LogP contribution in [-0.4, -0.2) is 6.21 Å². The molecule has 0 aliphatic rings. The normalized spacial score (nSPS) is 12.4. The maximum atomic E-state index is 12.6. The minimum Gasteiger partial charge on any atom is -0.260 e. The second kappa shape index (κ2) is 4.75. The van der Waals surface area contributed by atoms with E-state index in [1.54, 1.807) is 6.92 Å². The zero-order chi connectivity index (χ0) is 12.5. The van der Waals surface area contributed by atoms with Crippen LogP contribution in [0.25, 0.3) is 0 Å². The van der Waals surface area contributed by atoms with Gasteiger partial charge >= 0.3 is 6.18 Å². The second-order valence-corrected chi connectivity index (χ2v) is 4.27. The van der Waals surface area contributed by atoms with Gasteiger partial charge in [0.2, 0.25) is 0 Å². The average molecular weight is 315 g/mol. The van der Waals surface area contributed by atoms with Crippen LogP contribution >= 0.6 is 27.5 Å². The Balaban J connectivity index is 3.51. The highest BCUT2D eigenvalue weighted by molar-refractivity contribution is 9.10. The molecule has 0 unspecified atom stereocenters. The predicted octanol–water partition coefficient (Wildman–Crippen LogP) is 5.15. The zero-order valence-corrected chi connectivity index (χ0v) is 10.8. The summed E-state index contributed by atoms with van der Waals surface area (Å²) in [7, 11) is 0. The molecule has 0 aliphatic heterocycles. The summed E-state index contributed by atoms with van der Waals surface area (Å²) < 4.78 is 37.6. The van der Waals surface area contributed by atoms with Gasteiger partial charge in [-0.2, -0.15) is 13.2 Å². The molecule has 0 amide bonds. The Morgan fingerprint density at radius 3 is 2.44 bits per heavy atom. The molecular formula is C10H8BrClF3N. The van der Waals surface area contributed by atoms with E-state index in [1.165, 1.54) is 13.1 Å². The molecule has 0 heterocycles. The Hall–Kier alpha value is -0.550. The molecule has 1 aromatic carbocycles. The SMILES string of the molecule is CC=Nc1c(C)cc(C(F)(F)F)c(Br)c1Cl. The van der Waals surface area contributed by atoms with Crippen molar-refractivity contribution >= 4 is 39.4 Å². The summed E-state index contributed by atoms with van der Waals surface area (Å²) in [5, 5.41) is -0.0228. The molecule has 0 aromatic heterocycles. The van der Waals surface area contributed by atoms with Crippen molar-refractivity contribution in [3.8, 4) is 0 Å². The highest BCUT2D eigenvalue weighted by Gasteiger charge is 2.34. The minimum absolute atomic E-state index is 0.0228. The van der Waals surface area contributed by atoms with Crippen molar-refractivity contribution in [1.82, 2.24) is 0 Å². The van der Waals surface area contributed by atoms with Crippen molar-refractivity contribution < 1.29 is 13.2 Å². The Labute approximate surface area is 104 Å². The van der Waals surface area contributed by atoms with Crippen LogP contribution in [0.4, 0.5) is 18.9 Å². The summed E-state index contributed by atoms with van der Waals surface area (Å²) in [5.41, 5.74) is -0.0484. The molecule has 16 heavy (non-hydrogen) atoms. The fraction of sp³-hybridized carbons (Fsp3) is 0.300. The molecule has 1 aromatic rings. The first-order valence-electron chi connectivity index (χ1n) is 4.33. The van der Waals surface area contributed by atoms with Gasteiger partial charge in [-0.25, -0.2) is 0 Å². The molecule has 0 atom stereocenters. The maximum absolute atomic E-state index is 12.6. The van der Waals surface area contributed by atoms with E-state index in [4.69, 9.17) is 11.6 Å². The van der Waals surface area contributed by atoms with Gasteiger partial charge < -0.3 is 0 Å². The van der Waals surface area contributed by atoms with Crippen LogP contribution in [0, 0.1) is 6.92 Å². The molecular weight excluding hydrogens is 306 g/mol. The summed E-state index contributed by atoms with van der Waals surface area (Å²) >= 11 is 8.67. The number of alkyl halides is 3. The van der Waals surface area contributed by atoms with E-state index in [2.05, 4.69) is 20.9 Å². The number of hydrogen-bond acceptors (Lipinski definition) is 1. The molecule has 6 heteroatoms. The molecule has 0 fully saturated rings. The van der Waals surface area contributed by atoms with E-state index >= 15 is 0 Å². The number of rotatable bonds is 1. The fourth-order valence-corrected chi connectivity index (χ4v) is 2.06. The van der Waals surface area contributed by atoms with Crippen molar-refractivity contribution in [2.75, 3.05) is 0 Å². The van der Waals surface area contributed by atoms with Crippen LogP contribution in [0.3, 0.4) is 0 Å². The molecule has 0 N–H and O–H groups in total. The Morgan fingerprint density at radius 1 is 1.44 bits per heavy atom. The van der Waals surface area contributed by atoms with Crippen LogP contribution in [0.15, 0.2) is 15.5 Å². The Bertz CT molecular complexity index is 441. The molecule has 0 saturated carbocycles. The van der Waals surface area contributed by atoms with Crippen LogP contribution in [-0.2, 0) is 6.18 Å². The van der Waals surface area contributed by atoms with E-state index in [1.807, 2.05) is 0 Å². The average Bonchev–Trinajstić information content (AvgIpc) is 2.16. The van der Waals surface area contributed by atoms with Crippen molar-refractivity contribution in [3.05, 3.63) is 26.7 Å². The van der Waals surface area contributed by atoms with Gasteiger partial charge in [-0.3, -0.25) is 4.99 Å². The number of nitrogens with zero attached hydrogens (tertiary/aromatic N) is 1. The van der Waals surface area contributed by atoms with Crippen LogP contribution in [0.2, 0.25) is 5.02 Å². The lowest BCUT2D eigenvalue weighted by molar-refractivity contribution is -0.138. The Kier molecular flexibility index (Phi) is 4.02. The highest BCUT2D eigenvalue weighted by Crippen LogP contribution is 2.44. The number of halogens is 5. The van der Waals surface area contributed by atoms with E-state index < -0.39 is 11.7 Å². The predicted molar refractivity (Wildman–Crippen MR) is 62.7 cm³/mol. The lowest BCUT2D eigenvalue weighted by Gasteiger charge is -2.13. The van der Waals surface area contributed by atoms with Gasteiger partial charge in [-0.15, -0.1) is 0 Å². The lowest BCUT2D eigenvalue weighted by Crippen LogP contribution is -2.07. The molecule has 88 valence electrons. The zero-order valence-electron chi connectivity index (χ0n) is 8.49. The first-order chi connectivity index (χ1) is 7.29. The van der Waals surface area contributed by atoms with Crippen molar-refractivity contribution in [1.29, 1.82) is 0 Å². The van der Waals surface area contributed by atoms with E-state index in [9.17, 15) is 13.2 Å². The second-order valence-electron chi connectivity index (χ2n) is 3.10. The third-order valence-corrected chi connectivity index (χ3v) is 3.35. The third-order valence-electron chi connectivity index (χ3n) is 1.94. The monoisotopic (exact) mass is 313 g/mol. The van der Waals surface area contributed by atoms with Gasteiger partial charge in [0.05, 0.1) is 20.7 Å². The van der Waals surface area contributed by atoms with E-state index in [-0.39, 0.29) is 9.50 Å². The van der Waals surface area contributed by atoms with Gasteiger partial charge in [0.1, 0.15) is 0 Å². The van der Waals surface area contributed by atoms with Gasteiger partial charge in [-0.1, -0.05) is 11.6 Å². The molecule has 0 radical (unpaired) electrons. The molecule has 0 saturated heterocycles. The Morgan fingerprint density at radius 2 is 2.00 bits per heavy atom. The molecule has 0 aliphatic carbocycles. The van der Waals surface area contributed by atoms with Crippen molar-refractivity contribution in [2.45, 2.75) is 20.0 Å². The summed E-state index contributed by atoms with van der Waals surface area (Å²) in [6.45, 7) is 3.21.